The Morgan fingerprint density at radius 3 is 1.71 bits per heavy atom. The van der Waals surface area contributed by atoms with E-state index in [1.54, 1.807) is 0 Å². The lowest BCUT2D eigenvalue weighted by atomic mass is 9.67. The zero-order chi connectivity index (χ0) is 34.0. The normalized spacial score (nSPS) is 38.6. The molecule has 6 fully saturated rings. The summed E-state index contributed by atoms with van der Waals surface area (Å²) < 4.78 is 6.08. The fourth-order valence-electron chi connectivity index (χ4n) is 11.0. The number of ether oxygens (including phenoxy) is 1. The van der Waals surface area contributed by atoms with Gasteiger partial charge in [-0.15, -0.1) is 0 Å². The first kappa shape index (κ1) is 37.9. The summed E-state index contributed by atoms with van der Waals surface area (Å²) in [6.45, 7) is 0.989. The second kappa shape index (κ2) is 19.3. The van der Waals surface area contributed by atoms with E-state index in [1.165, 1.54) is 70.6 Å². The Morgan fingerprint density at radius 1 is 0.551 bits per heavy atom. The minimum Gasteiger partial charge on any atom is -0.481 e. The number of thioether (sulfide) groups is 1. The number of hydrogen-bond donors (Lipinski definition) is 2. The maximum Gasteiger partial charge on any atom is 0.310 e. The van der Waals surface area contributed by atoms with Crippen LogP contribution in [-0.2, 0) is 29.0 Å². The van der Waals surface area contributed by atoms with E-state index in [0.29, 0.717) is 60.2 Å². The van der Waals surface area contributed by atoms with Crippen LogP contribution in [0.1, 0.15) is 154 Å². The highest BCUT2D eigenvalue weighted by Gasteiger charge is 2.43. The molecule has 0 aromatic heterocycles. The molecule has 6 unspecified atom stereocenters. The van der Waals surface area contributed by atoms with Gasteiger partial charge in [-0.3, -0.25) is 14.8 Å². The van der Waals surface area contributed by atoms with Crippen molar-refractivity contribution in [3.63, 3.8) is 0 Å². The van der Waals surface area contributed by atoms with Gasteiger partial charge in [-0.05, 0) is 125 Å². The van der Waals surface area contributed by atoms with Gasteiger partial charge in [0.05, 0.1) is 31.2 Å². The average Bonchev–Trinajstić information content (AvgIpc) is 3.14. The summed E-state index contributed by atoms with van der Waals surface area (Å²) in [5, 5.41) is 20.3. The molecule has 6 rings (SSSR count). The van der Waals surface area contributed by atoms with Gasteiger partial charge < -0.3 is 9.84 Å². The van der Waals surface area contributed by atoms with Crippen molar-refractivity contribution in [3.8, 4) is 0 Å². The molecule has 0 aliphatic heterocycles. The molecule has 280 valence electrons. The highest BCUT2D eigenvalue weighted by atomic mass is 32.2. The fraction of sp³-hybridized carbons (Fsp3) is 0.950. The van der Waals surface area contributed by atoms with Gasteiger partial charge in [-0.25, -0.2) is 14.7 Å². The Kier molecular flexibility index (Phi) is 14.9. The molecule has 6 aliphatic rings. The SMILES string of the molecule is O=C(O)C1CCC(C2CCCCC2)CC1C(=O)OC1CCC(SC2CCC(OOCC3CC(C4CCCCC4)CCC3COO)CC2)CC1. The van der Waals surface area contributed by atoms with E-state index >= 15 is 0 Å². The van der Waals surface area contributed by atoms with E-state index < -0.39 is 17.8 Å². The van der Waals surface area contributed by atoms with E-state index in [0.717, 1.165) is 82.5 Å². The molecule has 0 aromatic carbocycles. The van der Waals surface area contributed by atoms with Gasteiger partial charge in [0.25, 0.3) is 0 Å². The summed E-state index contributed by atoms with van der Waals surface area (Å²) in [6.07, 6.45) is 27.3. The second-order valence-corrected chi connectivity index (χ2v) is 18.7. The van der Waals surface area contributed by atoms with Crippen molar-refractivity contribution < 1.29 is 39.4 Å². The number of esters is 1. The summed E-state index contributed by atoms with van der Waals surface area (Å²) in [7, 11) is 0. The van der Waals surface area contributed by atoms with Crippen LogP contribution in [0.25, 0.3) is 0 Å². The van der Waals surface area contributed by atoms with Crippen molar-refractivity contribution >= 4 is 23.7 Å². The van der Waals surface area contributed by atoms with E-state index in [4.69, 9.17) is 14.5 Å². The third-order valence-electron chi connectivity index (χ3n) is 14.0. The van der Waals surface area contributed by atoms with E-state index in [2.05, 4.69) is 16.6 Å². The van der Waals surface area contributed by atoms with Crippen molar-refractivity contribution in [2.45, 2.75) is 177 Å². The molecule has 49 heavy (non-hydrogen) atoms. The Bertz CT molecular complexity index is 998. The topological polar surface area (TPSA) is 112 Å². The Labute approximate surface area is 299 Å². The van der Waals surface area contributed by atoms with Gasteiger partial charge in [-0.2, -0.15) is 11.8 Å². The minimum absolute atomic E-state index is 0.0687. The zero-order valence-electron chi connectivity index (χ0n) is 30.1. The van der Waals surface area contributed by atoms with Crippen LogP contribution >= 0.6 is 11.8 Å². The highest BCUT2D eigenvalue weighted by Crippen LogP contribution is 2.45. The number of carboxylic acids is 1. The summed E-state index contributed by atoms with van der Waals surface area (Å²) >= 11 is 2.13. The number of carboxylic acid groups (broad SMARTS) is 1. The monoisotopic (exact) mass is 706 g/mol. The molecule has 0 bridgehead atoms. The van der Waals surface area contributed by atoms with Crippen LogP contribution in [0, 0.1) is 47.3 Å². The van der Waals surface area contributed by atoms with Gasteiger partial charge in [0.15, 0.2) is 0 Å². The summed E-state index contributed by atoms with van der Waals surface area (Å²) in [6, 6.07) is 0. The lowest BCUT2D eigenvalue weighted by Gasteiger charge is -2.40. The van der Waals surface area contributed by atoms with Gasteiger partial charge in [0, 0.05) is 10.5 Å². The molecule has 0 saturated heterocycles. The summed E-state index contributed by atoms with van der Waals surface area (Å²) in [4.78, 5) is 42.0. The lowest BCUT2D eigenvalue weighted by Crippen LogP contribution is -2.40. The maximum absolute atomic E-state index is 13.4. The van der Waals surface area contributed by atoms with Crippen molar-refractivity contribution in [3.05, 3.63) is 0 Å². The molecule has 2 N–H and O–H groups in total. The van der Waals surface area contributed by atoms with Crippen LogP contribution in [-0.4, -0.2) is 58.2 Å². The van der Waals surface area contributed by atoms with Gasteiger partial charge >= 0.3 is 11.9 Å². The third kappa shape index (κ3) is 10.8. The molecule has 8 nitrogen and oxygen atoms in total. The smallest absolute Gasteiger partial charge is 0.310 e. The first-order valence-electron chi connectivity index (χ1n) is 20.6. The van der Waals surface area contributed by atoms with Crippen LogP contribution in [0.5, 0.6) is 0 Å². The number of aliphatic carboxylic acids is 1. The molecular weight excluding hydrogens is 640 g/mol. The summed E-state index contributed by atoms with van der Waals surface area (Å²) in [5.41, 5.74) is 0. The van der Waals surface area contributed by atoms with E-state index in [-0.39, 0.29) is 18.2 Å². The standard InChI is InChI=1S/C40H66O8S/c41-39(42)37-22-13-30(28-9-5-2-6-10-28)24-38(37)40(43)47-33-14-18-35(19-15-33)49-36-20-16-34(17-21-36)48-46-26-32-23-29(11-12-31(32)25-45-44)27-7-3-1-4-8-27/h27-38,44H,1-26H2,(H,41,42). The molecule has 0 aromatic rings. The Balaban J connectivity index is 0.869. The van der Waals surface area contributed by atoms with Crippen LogP contribution in [0.3, 0.4) is 0 Å². The first-order chi connectivity index (χ1) is 24.0. The number of carbonyl (C=O) groups excluding carboxylic acids is 1. The molecule has 9 heteroatoms. The number of carbonyl (C=O) groups is 2. The molecule has 0 amide bonds. The molecular formula is C40H66O8S. The largest absolute Gasteiger partial charge is 0.481 e. The van der Waals surface area contributed by atoms with Crippen molar-refractivity contribution in [2.24, 2.45) is 47.3 Å². The lowest BCUT2D eigenvalue weighted by molar-refractivity contribution is -0.339. The number of hydrogen-bond acceptors (Lipinski definition) is 8. The van der Waals surface area contributed by atoms with Crippen LogP contribution in [0.2, 0.25) is 0 Å². The van der Waals surface area contributed by atoms with Crippen molar-refractivity contribution in [1.29, 1.82) is 0 Å². The minimum atomic E-state index is -0.829. The highest BCUT2D eigenvalue weighted by molar-refractivity contribution is 8.00. The predicted octanol–water partition coefficient (Wildman–Crippen LogP) is 9.63. The van der Waals surface area contributed by atoms with Crippen LogP contribution in [0.4, 0.5) is 0 Å². The molecule has 0 heterocycles. The third-order valence-corrected chi connectivity index (χ3v) is 15.7. The van der Waals surface area contributed by atoms with Gasteiger partial charge in [-0.1, -0.05) is 64.2 Å². The maximum atomic E-state index is 13.4. The van der Waals surface area contributed by atoms with Gasteiger partial charge in [0.2, 0.25) is 0 Å². The van der Waals surface area contributed by atoms with E-state index in [1.807, 2.05) is 0 Å². The first-order valence-corrected chi connectivity index (χ1v) is 21.5. The molecule has 6 atom stereocenters. The molecule has 6 aliphatic carbocycles. The summed E-state index contributed by atoms with van der Waals surface area (Å²) in [5.74, 6) is 1.34. The zero-order valence-corrected chi connectivity index (χ0v) is 30.9. The molecule has 6 saturated carbocycles. The second-order valence-electron chi connectivity index (χ2n) is 17.1. The predicted molar refractivity (Wildman–Crippen MR) is 191 cm³/mol. The average molecular weight is 707 g/mol. The van der Waals surface area contributed by atoms with Crippen molar-refractivity contribution in [2.75, 3.05) is 13.2 Å². The van der Waals surface area contributed by atoms with Crippen molar-refractivity contribution in [1.82, 2.24) is 0 Å². The quantitative estimate of drug-likeness (QED) is 0.110. The Hall–Kier alpha value is -0.870. The van der Waals surface area contributed by atoms with Crippen LogP contribution < -0.4 is 0 Å². The molecule has 0 spiro atoms. The fourth-order valence-corrected chi connectivity index (χ4v) is 12.6. The van der Waals surface area contributed by atoms with Gasteiger partial charge in [0.1, 0.15) is 6.10 Å². The molecule has 0 radical (unpaired) electrons. The van der Waals surface area contributed by atoms with Crippen LogP contribution in [0.15, 0.2) is 0 Å². The number of rotatable bonds is 13. The Morgan fingerprint density at radius 2 is 1.12 bits per heavy atom. The van der Waals surface area contributed by atoms with E-state index in [9.17, 15) is 20.0 Å².